The zero-order valence-electron chi connectivity index (χ0n) is 15.1. The number of anilines is 1. The first-order valence-corrected chi connectivity index (χ1v) is 9.83. The van der Waals surface area contributed by atoms with Gasteiger partial charge in [-0.3, -0.25) is 9.78 Å². The third-order valence-electron chi connectivity index (χ3n) is 5.13. The minimum absolute atomic E-state index is 0.0564. The Balaban J connectivity index is 1.33. The minimum atomic E-state index is 0.0564. The van der Waals surface area contributed by atoms with E-state index in [1.807, 2.05) is 47.9 Å². The van der Waals surface area contributed by atoms with E-state index in [0.29, 0.717) is 11.7 Å². The number of methoxy groups -OCH3 is 1. The number of aryl methyl sites for hydroxylation is 1. The predicted octanol–water partition coefficient (Wildman–Crippen LogP) is 3.21. The summed E-state index contributed by atoms with van der Waals surface area (Å²) in [6.07, 6.45) is 2.77. The summed E-state index contributed by atoms with van der Waals surface area (Å²) in [7, 11) is 1.68. The van der Waals surface area contributed by atoms with E-state index in [1.54, 1.807) is 13.3 Å². The highest BCUT2D eigenvalue weighted by Crippen LogP contribution is 2.46. The average Bonchev–Trinajstić information content (AvgIpc) is 3.05. The Kier molecular flexibility index (Phi) is 4.53. The van der Waals surface area contributed by atoms with Gasteiger partial charge in [-0.15, -0.1) is 11.8 Å². The molecule has 1 atom stereocenters. The molecule has 1 spiro atoms. The predicted molar refractivity (Wildman–Crippen MR) is 105 cm³/mol. The summed E-state index contributed by atoms with van der Waals surface area (Å²) in [5.74, 6) is 1.99. The average molecular weight is 369 g/mol. The van der Waals surface area contributed by atoms with Crippen molar-refractivity contribution in [3.63, 3.8) is 0 Å². The second kappa shape index (κ2) is 6.83. The maximum atomic E-state index is 12.6. The molecule has 1 N–H and O–H groups in total. The Morgan fingerprint density at radius 1 is 1.31 bits per heavy atom. The van der Waals surface area contributed by atoms with E-state index < -0.39 is 0 Å². The second-order valence-electron chi connectivity index (χ2n) is 7.10. The molecule has 2 saturated heterocycles. The summed E-state index contributed by atoms with van der Waals surface area (Å²) in [5.41, 5.74) is 2.64. The molecule has 2 aliphatic rings. The number of hydrogen-bond donors (Lipinski definition) is 1. The third kappa shape index (κ3) is 3.26. The Morgan fingerprint density at radius 3 is 2.77 bits per heavy atom. The van der Waals surface area contributed by atoms with Crippen LogP contribution in [0.3, 0.4) is 0 Å². The number of nitrogens with zero attached hydrogens (tertiary/aromatic N) is 2. The van der Waals surface area contributed by atoms with Crippen molar-refractivity contribution in [3.05, 3.63) is 53.9 Å². The lowest BCUT2D eigenvalue weighted by atomic mass is 9.91. The summed E-state index contributed by atoms with van der Waals surface area (Å²) in [6.45, 7) is 3.57. The number of hydrogen-bond acceptors (Lipinski definition) is 5. The molecule has 6 heteroatoms. The molecule has 136 valence electrons. The lowest BCUT2D eigenvalue weighted by molar-refractivity contribution is 0.0550. The zero-order valence-corrected chi connectivity index (χ0v) is 15.9. The standard InChI is InChI=1S/C20H23N3O2S/c1-14-4-3-9-21-18(14)19(24)23-12-20(13-23)10-16(11-26-20)22-15-5-7-17(25-2)8-6-15/h3-9,16,22H,10-13H2,1-2H3. The quantitative estimate of drug-likeness (QED) is 0.897. The highest BCUT2D eigenvalue weighted by Gasteiger charge is 2.50. The SMILES string of the molecule is COc1ccc(NC2CSC3(C2)CN(C(=O)c2ncccc2C)C3)cc1. The van der Waals surface area contributed by atoms with Gasteiger partial charge in [0.2, 0.25) is 0 Å². The van der Waals surface area contributed by atoms with Gasteiger partial charge in [-0.1, -0.05) is 6.07 Å². The molecule has 0 saturated carbocycles. The van der Waals surface area contributed by atoms with Crippen molar-refractivity contribution in [3.8, 4) is 5.75 Å². The first kappa shape index (κ1) is 17.2. The lowest BCUT2D eigenvalue weighted by Gasteiger charge is -2.47. The van der Waals surface area contributed by atoms with Gasteiger partial charge in [0.1, 0.15) is 11.4 Å². The molecule has 2 fully saturated rings. The number of aromatic nitrogens is 1. The van der Waals surface area contributed by atoms with Crippen LogP contribution in [-0.4, -0.2) is 52.5 Å². The van der Waals surface area contributed by atoms with E-state index in [-0.39, 0.29) is 10.7 Å². The van der Waals surface area contributed by atoms with Crippen LogP contribution in [0.4, 0.5) is 5.69 Å². The second-order valence-corrected chi connectivity index (χ2v) is 8.59. The van der Waals surface area contributed by atoms with Crippen LogP contribution in [0.2, 0.25) is 0 Å². The Bertz CT molecular complexity index is 803. The molecule has 3 heterocycles. The molecule has 0 radical (unpaired) electrons. The molecule has 1 aromatic heterocycles. The van der Waals surface area contributed by atoms with Crippen LogP contribution in [0, 0.1) is 6.92 Å². The summed E-state index contributed by atoms with van der Waals surface area (Å²) < 4.78 is 5.40. The van der Waals surface area contributed by atoms with Crippen LogP contribution < -0.4 is 10.1 Å². The number of benzene rings is 1. The number of pyridine rings is 1. The summed E-state index contributed by atoms with van der Waals surface area (Å²) in [6, 6.07) is 12.3. The molecule has 26 heavy (non-hydrogen) atoms. The highest BCUT2D eigenvalue weighted by atomic mass is 32.2. The largest absolute Gasteiger partial charge is 0.497 e. The summed E-state index contributed by atoms with van der Waals surface area (Å²) in [5, 5.41) is 3.61. The van der Waals surface area contributed by atoms with Gasteiger partial charge >= 0.3 is 0 Å². The minimum Gasteiger partial charge on any atom is -0.497 e. The van der Waals surface area contributed by atoms with Crippen molar-refractivity contribution in [2.75, 3.05) is 31.3 Å². The molecule has 0 bridgehead atoms. The van der Waals surface area contributed by atoms with Gasteiger partial charge in [-0.2, -0.15) is 0 Å². The van der Waals surface area contributed by atoms with E-state index in [0.717, 1.165) is 42.3 Å². The summed E-state index contributed by atoms with van der Waals surface area (Å²) in [4.78, 5) is 18.8. The van der Waals surface area contributed by atoms with Gasteiger partial charge in [0.05, 0.1) is 11.9 Å². The van der Waals surface area contributed by atoms with Crippen LogP contribution in [0.15, 0.2) is 42.6 Å². The Morgan fingerprint density at radius 2 is 2.08 bits per heavy atom. The van der Waals surface area contributed by atoms with Crippen molar-refractivity contribution in [1.82, 2.24) is 9.88 Å². The molecule has 5 nitrogen and oxygen atoms in total. The van der Waals surface area contributed by atoms with Crippen molar-refractivity contribution in [2.45, 2.75) is 24.1 Å². The van der Waals surface area contributed by atoms with Gasteiger partial charge in [-0.05, 0) is 49.2 Å². The molecule has 2 aromatic rings. The van der Waals surface area contributed by atoms with Crippen molar-refractivity contribution >= 4 is 23.4 Å². The monoisotopic (exact) mass is 369 g/mol. The molecule has 4 rings (SSSR count). The highest BCUT2D eigenvalue weighted by molar-refractivity contribution is 8.01. The molecule has 1 unspecified atom stereocenters. The third-order valence-corrected chi connectivity index (χ3v) is 6.73. The normalized spacial score (nSPS) is 20.7. The maximum Gasteiger partial charge on any atom is 0.272 e. The van der Waals surface area contributed by atoms with Crippen molar-refractivity contribution in [2.24, 2.45) is 0 Å². The van der Waals surface area contributed by atoms with E-state index in [4.69, 9.17) is 4.74 Å². The number of nitrogens with one attached hydrogen (secondary N) is 1. The molecular formula is C20H23N3O2S. The lowest BCUT2D eigenvalue weighted by Crippen LogP contribution is -2.61. The molecule has 1 amide bonds. The Labute approximate surface area is 158 Å². The first-order valence-electron chi connectivity index (χ1n) is 8.84. The van der Waals surface area contributed by atoms with Crippen LogP contribution >= 0.6 is 11.8 Å². The van der Waals surface area contributed by atoms with Crippen molar-refractivity contribution in [1.29, 1.82) is 0 Å². The fraction of sp³-hybridized carbons (Fsp3) is 0.400. The van der Waals surface area contributed by atoms with Crippen molar-refractivity contribution < 1.29 is 9.53 Å². The molecule has 1 aromatic carbocycles. The van der Waals surface area contributed by atoms with Gasteiger partial charge in [0.15, 0.2) is 0 Å². The molecular weight excluding hydrogens is 346 g/mol. The number of carbonyl (C=O) groups is 1. The van der Waals surface area contributed by atoms with Crippen LogP contribution in [0.5, 0.6) is 5.75 Å². The number of likely N-dealkylation sites (tertiary alicyclic amines) is 1. The van der Waals surface area contributed by atoms with Crippen LogP contribution in [0.1, 0.15) is 22.5 Å². The van der Waals surface area contributed by atoms with E-state index >= 15 is 0 Å². The maximum absolute atomic E-state index is 12.6. The number of amides is 1. The fourth-order valence-electron chi connectivity index (χ4n) is 3.73. The van der Waals surface area contributed by atoms with Gasteiger partial charge in [0.25, 0.3) is 5.91 Å². The smallest absolute Gasteiger partial charge is 0.272 e. The zero-order chi connectivity index (χ0) is 18.1. The number of rotatable bonds is 4. The molecule has 2 aliphatic heterocycles. The fourth-order valence-corrected chi connectivity index (χ4v) is 5.30. The Hall–Kier alpha value is -2.21. The number of ether oxygens (including phenoxy) is 1. The molecule has 0 aliphatic carbocycles. The van der Waals surface area contributed by atoms with E-state index in [2.05, 4.69) is 22.4 Å². The van der Waals surface area contributed by atoms with Gasteiger partial charge < -0.3 is 15.0 Å². The first-order chi connectivity index (χ1) is 12.6. The van der Waals surface area contributed by atoms with E-state index in [9.17, 15) is 4.79 Å². The number of carbonyl (C=O) groups excluding carboxylic acids is 1. The van der Waals surface area contributed by atoms with Crippen LogP contribution in [-0.2, 0) is 0 Å². The van der Waals surface area contributed by atoms with Gasteiger partial charge in [0, 0.05) is 36.8 Å². The van der Waals surface area contributed by atoms with E-state index in [1.165, 1.54) is 0 Å². The summed E-state index contributed by atoms with van der Waals surface area (Å²) >= 11 is 1.99. The van der Waals surface area contributed by atoms with Crippen LogP contribution in [0.25, 0.3) is 0 Å². The van der Waals surface area contributed by atoms with Gasteiger partial charge in [-0.25, -0.2) is 0 Å². The number of thioether (sulfide) groups is 1. The topological polar surface area (TPSA) is 54.5 Å².